The molecule has 6 heteroatoms. The highest BCUT2D eigenvalue weighted by molar-refractivity contribution is 5.68. The van der Waals surface area contributed by atoms with Crippen molar-refractivity contribution in [3.8, 4) is 0 Å². The zero-order valence-corrected chi connectivity index (χ0v) is 7.54. The van der Waals surface area contributed by atoms with E-state index in [1.165, 1.54) is 0 Å². The highest BCUT2D eigenvalue weighted by Crippen LogP contribution is 2.01. The SMILES string of the molecule is CCOn1c(=O)nnc2cccnc21. The van der Waals surface area contributed by atoms with Crippen molar-refractivity contribution < 1.29 is 4.84 Å². The molecule has 72 valence electrons. The summed E-state index contributed by atoms with van der Waals surface area (Å²) in [6.45, 7) is 2.15. The summed E-state index contributed by atoms with van der Waals surface area (Å²) in [5.41, 5.74) is 0.355. The van der Waals surface area contributed by atoms with E-state index in [9.17, 15) is 4.79 Å². The highest BCUT2D eigenvalue weighted by Gasteiger charge is 2.05. The van der Waals surface area contributed by atoms with Gasteiger partial charge in [-0.15, -0.1) is 9.83 Å². The molecular weight excluding hydrogens is 184 g/mol. The second-order valence-corrected chi connectivity index (χ2v) is 2.54. The first-order valence-corrected chi connectivity index (χ1v) is 4.16. The van der Waals surface area contributed by atoms with Gasteiger partial charge >= 0.3 is 5.69 Å². The van der Waals surface area contributed by atoms with Crippen molar-refractivity contribution in [2.24, 2.45) is 0 Å². The summed E-state index contributed by atoms with van der Waals surface area (Å²) in [4.78, 5) is 20.3. The lowest BCUT2D eigenvalue weighted by Gasteiger charge is -2.05. The number of fused-ring (bicyclic) bond motifs is 1. The van der Waals surface area contributed by atoms with Crippen molar-refractivity contribution in [1.82, 2.24) is 19.9 Å². The first-order valence-electron chi connectivity index (χ1n) is 4.16. The molecular formula is C8H8N4O2. The third-order valence-electron chi connectivity index (χ3n) is 1.63. The van der Waals surface area contributed by atoms with E-state index in [1.54, 1.807) is 25.3 Å². The molecule has 0 aliphatic rings. The van der Waals surface area contributed by atoms with E-state index < -0.39 is 5.69 Å². The Labute approximate surface area is 79.1 Å². The lowest BCUT2D eigenvalue weighted by Crippen LogP contribution is -2.30. The van der Waals surface area contributed by atoms with E-state index in [2.05, 4.69) is 15.2 Å². The summed E-state index contributed by atoms with van der Waals surface area (Å²) in [6, 6.07) is 3.43. The molecule has 0 aliphatic heterocycles. The van der Waals surface area contributed by atoms with Gasteiger partial charge in [-0.1, -0.05) is 5.10 Å². The summed E-state index contributed by atoms with van der Waals surface area (Å²) in [5, 5.41) is 7.12. The Kier molecular flexibility index (Phi) is 2.10. The molecule has 6 nitrogen and oxygen atoms in total. The molecule has 0 radical (unpaired) electrons. The number of hydrogen-bond donors (Lipinski definition) is 0. The van der Waals surface area contributed by atoms with Crippen molar-refractivity contribution in [1.29, 1.82) is 0 Å². The molecule has 0 aliphatic carbocycles. The number of rotatable bonds is 2. The molecule has 0 amide bonds. The molecule has 2 aromatic heterocycles. The Bertz CT molecular complexity index is 508. The Balaban J connectivity index is 2.76. The molecule has 0 aromatic carbocycles. The number of hydrogen-bond acceptors (Lipinski definition) is 5. The maximum absolute atomic E-state index is 11.2. The topological polar surface area (TPSA) is 69.9 Å². The Morgan fingerprint density at radius 3 is 3.14 bits per heavy atom. The van der Waals surface area contributed by atoms with E-state index in [1.807, 2.05) is 0 Å². The molecule has 0 atom stereocenters. The van der Waals surface area contributed by atoms with Crippen LogP contribution in [0.15, 0.2) is 23.1 Å². The Hall–Kier alpha value is -1.98. The third-order valence-corrected chi connectivity index (χ3v) is 1.63. The predicted molar refractivity (Wildman–Crippen MR) is 48.7 cm³/mol. The number of aromatic nitrogens is 4. The minimum atomic E-state index is -0.557. The standard InChI is InChI=1S/C8H8N4O2/c1-2-14-12-7-6(4-3-5-9-7)10-11-8(12)13/h3-5H,2H2,1H3. The number of pyridine rings is 1. The molecule has 14 heavy (non-hydrogen) atoms. The van der Waals surface area contributed by atoms with E-state index >= 15 is 0 Å². The van der Waals surface area contributed by atoms with E-state index in [0.717, 1.165) is 4.73 Å². The van der Waals surface area contributed by atoms with Crippen LogP contribution >= 0.6 is 0 Å². The summed E-state index contributed by atoms with van der Waals surface area (Å²) in [6.07, 6.45) is 1.57. The Morgan fingerprint density at radius 1 is 1.50 bits per heavy atom. The molecule has 0 unspecified atom stereocenters. The van der Waals surface area contributed by atoms with Crippen molar-refractivity contribution in [3.05, 3.63) is 28.8 Å². The lowest BCUT2D eigenvalue weighted by atomic mass is 10.4. The van der Waals surface area contributed by atoms with Crippen LogP contribution in [0.1, 0.15) is 6.92 Å². The average Bonchev–Trinajstić information content (AvgIpc) is 2.23. The molecule has 0 bridgehead atoms. The van der Waals surface area contributed by atoms with Gasteiger partial charge in [-0.2, -0.15) is 0 Å². The molecule has 2 heterocycles. The summed E-state index contributed by atoms with van der Waals surface area (Å²) in [5.74, 6) is 0. The zero-order valence-electron chi connectivity index (χ0n) is 7.54. The van der Waals surface area contributed by atoms with E-state index in [-0.39, 0.29) is 0 Å². The monoisotopic (exact) mass is 192 g/mol. The molecule has 2 aromatic rings. The summed E-state index contributed by atoms with van der Waals surface area (Å²) < 4.78 is 1.04. The molecule has 2 rings (SSSR count). The third kappa shape index (κ3) is 1.30. The van der Waals surface area contributed by atoms with Crippen LogP contribution in [0.2, 0.25) is 0 Å². The molecule has 0 N–H and O–H groups in total. The van der Waals surface area contributed by atoms with Gasteiger partial charge < -0.3 is 4.84 Å². The van der Waals surface area contributed by atoms with Gasteiger partial charge in [-0.25, -0.2) is 9.78 Å². The molecule has 0 spiro atoms. The van der Waals surface area contributed by atoms with Gasteiger partial charge in [0.1, 0.15) is 12.1 Å². The van der Waals surface area contributed by atoms with Crippen LogP contribution < -0.4 is 10.5 Å². The fourth-order valence-electron chi connectivity index (χ4n) is 1.10. The lowest BCUT2D eigenvalue weighted by molar-refractivity contribution is 0.118. The second-order valence-electron chi connectivity index (χ2n) is 2.54. The Morgan fingerprint density at radius 2 is 2.36 bits per heavy atom. The van der Waals surface area contributed by atoms with Crippen molar-refractivity contribution in [3.63, 3.8) is 0 Å². The minimum Gasteiger partial charge on any atom is -0.408 e. The van der Waals surface area contributed by atoms with Gasteiger partial charge in [0.2, 0.25) is 5.65 Å². The van der Waals surface area contributed by atoms with Crippen molar-refractivity contribution >= 4 is 11.2 Å². The van der Waals surface area contributed by atoms with Gasteiger partial charge in [-0.05, 0) is 19.1 Å². The maximum atomic E-state index is 11.2. The van der Waals surface area contributed by atoms with Crippen LogP contribution in [0, 0.1) is 0 Å². The largest absolute Gasteiger partial charge is 0.408 e. The summed E-state index contributed by atoms with van der Waals surface area (Å²) >= 11 is 0. The number of nitrogens with zero attached hydrogens (tertiary/aromatic N) is 4. The van der Waals surface area contributed by atoms with Crippen LogP contribution in [0.3, 0.4) is 0 Å². The second kappa shape index (κ2) is 3.41. The van der Waals surface area contributed by atoms with Crippen molar-refractivity contribution in [2.75, 3.05) is 6.61 Å². The smallest absolute Gasteiger partial charge is 0.401 e. The molecule has 0 saturated carbocycles. The normalized spacial score (nSPS) is 10.4. The van der Waals surface area contributed by atoms with E-state index in [4.69, 9.17) is 4.84 Å². The first kappa shape index (κ1) is 8.61. The van der Waals surface area contributed by atoms with Gasteiger partial charge in [0.15, 0.2) is 0 Å². The fraction of sp³-hybridized carbons (Fsp3) is 0.250. The van der Waals surface area contributed by atoms with Crippen molar-refractivity contribution in [2.45, 2.75) is 6.92 Å². The zero-order chi connectivity index (χ0) is 9.97. The highest BCUT2D eigenvalue weighted by atomic mass is 16.7. The van der Waals surface area contributed by atoms with Gasteiger partial charge in [0, 0.05) is 6.20 Å². The molecule has 0 saturated heterocycles. The first-order chi connectivity index (χ1) is 6.83. The fourth-order valence-corrected chi connectivity index (χ4v) is 1.10. The minimum absolute atomic E-state index is 0.372. The van der Waals surface area contributed by atoms with Gasteiger partial charge in [0.25, 0.3) is 0 Å². The summed E-state index contributed by atoms with van der Waals surface area (Å²) in [7, 11) is 0. The average molecular weight is 192 g/mol. The molecule has 0 fully saturated rings. The quantitative estimate of drug-likeness (QED) is 0.649. The van der Waals surface area contributed by atoms with Gasteiger partial charge in [0.05, 0.1) is 0 Å². The van der Waals surface area contributed by atoms with Crippen LogP contribution in [0.4, 0.5) is 0 Å². The van der Waals surface area contributed by atoms with Crippen LogP contribution in [0.25, 0.3) is 11.2 Å². The van der Waals surface area contributed by atoms with Crippen LogP contribution in [0.5, 0.6) is 0 Å². The van der Waals surface area contributed by atoms with Crippen LogP contribution in [-0.2, 0) is 0 Å². The predicted octanol–water partition coefficient (Wildman–Crippen LogP) is -0.365. The maximum Gasteiger partial charge on any atom is 0.401 e. The van der Waals surface area contributed by atoms with Gasteiger partial charge in [-0.3, -0.25) is 0 Å². The van der Waals surface area contributed by atoms with Crippen LogP contribution in [-0.4, -0.2) is 26.5 Å². The van der Waals surface area contributed by atoms with E-state index in [0.29, 0.717) is 17.8 Å².